The third-order valence-electron chi connectivity index (χ3n) is 6.08. The van der Waals surface area contributed by atoms with Crippen LogP contribution in [0.1, 0.15) is 17.5 Å². The number of fused-ring (bicyclic) bond motifs is 2. The first-order chi connectivity index (χ1) is 18.5. The first kappa shape index (κ1) is 24.0. The molecule has 0 bridgehead atoms. The second kappa shape index (κ2) is 9.81. The highest BCUT2D eigenvalue weighted by Crippen LogP contribution is 2.34. The molecule has 0 saturated heterocycles. The molecule has 1 atom stereocenters. The molecule has 9 nitrogen and oxygen atoms in total. The van der Waals surface area contributed by atoms with E-state index in [1.165, 1.54) is 23.9 Å². The maximum absolute atomic E-state index is 13.3. The Morgan fingerprint density at radius 1 is 1.03 bits per heavy atom. The van der Waals surface area contributed by atoms with Gasteiger partial charge in [-0.15, -0.1) is 5.10 Å². The number of amidine groups is 1. The first-order valence-corrected chi connectivity index (χ1v) is 12.9. The standard InChI is InChI=1S/C27H18ClN5O4S/c28-20-7-3-1-5-17(20)15-38-27-30-26(34)24-19-6-2-4-8-21(19)29-25(32(24)31-27)23-14-13-22(37-23)16-9-11-18(12-10-16)33(35)36/h1-14,25H,15H2,(H,30,31,34)/t25-/m0/s1. The molecule has 0 aliphatic carbocycles. The van der Waals surface area contributed by atoms with Gasteiger partial charge in [-0.05, 0) is 42.0 Å². The SMILES string of the molecule is O=C1NC(SCc2ccccc2Cl)=NN2C1=c1ccccc1=N[C@@H]2c1ccc(-c2ccc([N+](=O)[O-])cc2)o1. The molecule has 1 aromatic heterocycles. The van der Waals surface area contributed by atoms with Crippen LogP contribution in [-0.2, 0) is 10.5 Å². The highest BCUT2D eigenvalue weighted by Gasteiger charge is 2.36. The smallest absolute Gasteiger partial charge is 0.276 e. The number of halogens is 1. The van der Waals surface area contributed by atoms with E-state index in [0.29, 0.717) is 49.3 Å². The predicted octanol–water partition coefficient (Wildman–Crippen LogP) is 4.58. The summed E-state index contributed by atoms with van der Waals surface area (Å²) in [6.07, 6.45) is -0.728. The summed E-state index contributed by atoms with van der Waals surface area (Å²) in [5.74, 6) is 1.21. The predicted molar refractivity (Wildman–Crippen MR) is 144 cm³/mol. The van der Waals surface area contributed by atoms with Crippen LogP contribution in [0.3, 0.4) is 0 Å². The monoisotopic (exact) mass is 543 g/mol. The van der Waals surface area contributed by atoms with E-state index in [0.717, 1.165) is 5.56 Å². The van der Waals surface area contributed by atoms with Crippen molar-refractivity contribution < 1.29 is 14.1 Å². The Hall–Kier alpha value is -4.41. The number of hydrazone groups is 1. The summed E-state index contributed by atoms with van der Waals surface area (Å²) >= 11 is 7.66. The molecule has 38 heavy (non-hydrogen) atoms. The number of nitrogens with one attached hydrogen (secondary N) is 1. The van der Waals surface area contributed by atoms with Gasteiger partial charge in [0.25, 0.3) is 11.6 Å². The van der Waals surface area contributed by atoms with Gasteiger partial charge < -0.3 is 4.42 Å². The molecule has 2 aliphatic rings. The number of nitro benzene ring substituents is 1. The van der Waals surface area contributed by atoms with Crippen LogP contribution in [0.15, 0.2) is 99.4 Å². The maximum Gasteiger partial charge on any atom is 0.276 e. The molecular formula is C27H18ClN5O4S. The van der Waals surface area contributed by atoms with Gasteiger partial charge in [0.2, 0.25) is 6.17 Å². The minimum Gasteiger partial charge on any atom is -0.457 e. The maximum atomic E-state index is 13.3. The van der Waals surface area contributed by atoms with Gasteiger partial charge in [0.05, 0.1) is 10.3 Å². The zero-order valence-electron chi connectivity index (χ0n) is 19.6. The van der Waals surface area contributed by atoms with Crippen LogP contribution in [0, 0.1) is 10.1 Å². The van der Waals surface area contributed by atoms with Gasteiger partial charge in [-0.3, -0.25) is 20.2 Å². The number of para-hydroxylation sites is 1. The van der Waals surface area contributed by atoms with Crippen LogP contribution >= 0.6 is 23.4 Å². The normalized spacial score (nSPS) is 16.2. The Balaban J connectivity index is 1.37. The molecule has 6 rings (SSSR count). The third-order valence-corrected chi connectivity index (χ3v) is 7.36. The number of furan rings is 1. The fourth-order valence-electron chi connectivity index (χ4n) is 4.23. The minimum atomic E-state index is -0.728. The number of carbonyl (C=O) groups excluding carboxylic acids is 1. The zero-order chi connectivity index (χ0) is 26.2. The Morgan fingerprint density at radius 2 is 1.79 bits per heavy atom. The molecule has 188 valence electrons. The molecule has 4 aromatic rings. The lowest BCUT2D eigenvalue weighted by molar-refractivity contribution is -0.384. The number of hydrogen-bond acceptors (Lipinski definition) is 8. The van der Waals surface area contributed by atoms with E-state index in [9.17, 15) is 14.9 Å². The first-order valence-electron chi connectivity index (χ1n) is 11.5. The van der Waals surface area contributed by atoms with Crippen molar-refractivity contribution in [1.29, 1.82) is 0 Å². The summed E-state index contributed by atoms with van der Waals surface area (Å²) < 4.78 is 6.15. The van der Waals surface area contributed by atoms with E-state index in [1.54, 1.807) is 29.3 Å². The molecule has 0 fully saturated rings. The lowest BCUT2D eigenvalue weighted by atomic mass is 10.1. The number of hydrogen-bond donors (Lipinski definition) is 1. The molecule has 3 aromatic carbocycles. The van der Waals surface area contributed by atoms with E-state index in [2.05, 4.69) is 5.32 Å². The van der Waals surface area contributed by atoms with Crippen LogP contribution in [-0.4, -0.2) is 21.0 Å². The van der Waals surface area contributed by atoms with E-state index in [1.807, 2.05) is 48.5 Å². The van der Waals surface area contributed by atoms with Gasteiger partial charge in [0, 0.05) is 33.7 Å². The van der Waals surface area contributed by atoms with Gasteiger partial charge in [0.15, 0.2) is 10.9 Å². The number of carbonyl (C=O) groups is 1. The quantitative estimate of drug-likeness (QED) is 0.291. The number of thioether (sulfide) groups is 1. The van der Waals surface area contributed by atoms with Gasteiger partial charge in [-0.25, -0.2) is 10.0 Å². The van der Waals surface area contributed by atoms with Crippen LogP contribution in [0.4, 0.5) is 5.69 Å². The topological polar surface area (TPSA) is 113 Å². The zero-order valence-corrected chi connectivity index (χ0v) is 21.1. The second-order valence-corrected chi connectivity index (χ2v) is 9.83. The van der Waals surface area contributed by atoms with Crippen LogP contribution in [0.5, 0.6) is 0 Å². The Morgan fingerprint density at radius 3 is 2.58 bits per heavy atom. The average Bonchev–Trinajstić information content (AvgIpc) is 3.42. The number of non-ortho nitro benzene ring substituents is 1. The summed E-state index contributed by atoms with van der Waals surface area (Å²) in [6.45, 7) is 0. The van der Waals surface area contributed by atoms with Crippen molar-refractivity contribution in [3.05, 3.63) is 122 Å². The molecule has 0 saturated carbocycles. The lowest BCUT2D eigenvalue weighted by Gasteiger charge is -2.32. The molecule has 0 radical (unpaired) electrons. The number of nitro groups is 1. The molecule has 2 aliphatic heterocycles. The van der Waals surface area contributed by atoms with Gasteiger partial charge in [0.1, 0.15) is 11.5 Å². The number of amides is 1. The molecule has 11 heteroatoms. The van der Waals surface area contributed by atoms with Crippen molar-refractivity contribution in [2.75, 3.05) is 0 Å². The lowest BCUT2D eigenvalue weighted by Crippen LogP contribution is -2.50. The van der Waals surface area contributed by atoms with Crippen molar-refractivity contribution in [2.45, 2.75) is 11.9 Å². The molecule has 0 spiro atoms. The minimum absolute atomic E-state index is 0.00542. The van der Waals surface area contributed by atoms with Crippen LogP contribution < -0.4 is 15.9 Å². The number of nitrogens with zero attached hydrogens (tertiary/aromatic N) is 4. The average molecular weight is 544 g/mol. The van der Waals surface area contributed by atoms with E-state index < -0.39 is 11.1 Å². The van der Waals surface area contributed by atoms with Gasteiger partial charge in [-0.2, -0.15) is 0 Å². The Labute approximate surface area is 225 Å². The van der Waals surface area contributed by atoms with E-state index in [4.69, 9.17) is 26.1 Å². The highest BCUT2D eigenvalue weighted by atomic mass is 35.5. The molecule has 3 heterocycles. The summed E-state index contributed by atoms with van der Waals surface area (Å²) in [5, 5.41) is 22.6. The largest absolute Gasteiger partial charge is 0.457 e. The number of rotatable bonds is 5. The summed E-state index contributed by atoms with van der Waals surface area (Å²) in [7, 11) is 0. The summed E-state index contributed by atoms with van der Waals surface area (Å²) in [4.78, 5) is 28.7. The fourth-order valence-corrected chi connectivity index (χ4v) is 5.37. The highest BCUT2D eigenvalue weighted by molar-refractivity contribution is 8.13. The summed E-state index contributed by atoms with van der Waals surface area (Å²) in [5.41, 5.74) is 1.97. The van der Waals surface area contributed by atoms with Crippen molar-refractivity contribution in [3.63, 3.8) is 0 Å². The molecular weight excluding hydrogens is 526 g/mol. The third kappa shape index (κ3) is 4.44. The van der Waals surface area contributed by atoms with Gasteiger partial charge in [-0.1, -0.05) is 59.8 Å². The van der Waals surface area contributed by atoms with Crippen molar-refractivity contribution >= 4 is 45.8 Å². The van der Waals surface area contributed by atoms with E-state index in [-0.39, 0.29) is 11.6 Å². The van der Waals surface area contributed by atoms with Gasteiger partial charge >= 0.3 is 0 Å². The second-order valence-electron chi connectivity index (χ2n) is 8.46. The van der Waals surface area contributed by atoms with Crippen molar-refractivity contribution in [2.24, 2.45) is 10.1 Å². The Bertz CT molecular complexity index is 1730. The van der Waals surface area contributed by atoms with Crippen LogP contribution in [0.2, 0.25) is 5.02 Å². The number of benzene rings is 3. The molecule has 1 N–H and O–H groups in total. The van der Waals surface area contributed by atoms with Crippen molar-refractivity contribution in [1.82, 2.24) is 10.3 Å². The summed E-state index contributed by atoms with van der Waals surface area (Å²) in [6, 6.07) is 24.5. The van der Waals surface area contributed by atoms with Crippen molar-refractivity contribution in [3.8, 4) is 11.3 Å². The van der Waals surface area contributed by atoms with E-state index >= 15 is 0 Å². The van der Waals surface area contributed by atoms with Crippen LogP contribution in [0.25, 0.3) is 17.0 Å². The molecule has 0 unspecified atom stereocenters. The molecule has 1 amide bonds. The Kier molecular flexibility index (Phi) is 6.18. The fraction of sp³-hybridized carbons (Fsp3) is 0.0741.